The Morgan fingerprint density at radius 2 is 1.89 bits per heavy atom. The van der Waals surface area contributed by atoms with Crippen molar-refractivity contribution in [3.8, 4) is 11.5 Å². The van der Waals surface area contributed by atoms with E-state index in [9.17, 15) is 9.59 Å². The van der Waals surface area contributed by atoms with E-state index in [-0.39, 0.29) is 17.3 Å². The normalized spacial score (nSPS) is 14.9. The summed E-state index contributed by atoms with van der Waals surface area (Å²) in [6.07, 6.45) is 0.799. The van der Waals surface area contributed by atoms with Crippen molar-refractivity contribution < 1.29 is 23.8 Å². The number of carbonyl (C=O) groups excluding carboxylic acids is 2. The van der Waals surface area contributed by atoms with Gasteiger partial charge in [0.15, 0.2) is 0 Å². The van der Waals surface area contributed by atoms with Gasteiger partial charge in [-0.05, 0) is 56.7 Å². The Hall–Kier alpha value is -2.42. The van der Waals surface area contributed by atoms with Crippen LogP contribution in [0.5, 0.6) is 11.5 Å². The molecule has 0 bridgehead atoms. The molecule has 0 fully saturated rings. The van der Waals surface area contributed by atoms with E-state index in [1.807, 2.05) is 30.3 Å². The molecule has 1 unspecified atom stereocenters. The van der Waals surface area contributed by atoms with Crippen LogP contribution in [0.4, 0.5) is 5.69 Å². The summed E-state index contributed by atoms with van der Waals surface area (Å²) in [5.74, 6) is 1.09. The molecule has 0 saturated carbocycles. The van der Waals surface area contributed by atoms with E-state index < -0.39 is 0 Å². The first-order valence-corrected chi connectivity index (χ1v) is 12.9. The number of hydrogen-bond acceptors (Lipinski definition) is 7. The number of fused-ring (bicyclic) bond motifs is 1. The molecule has 2 aromatic rings. The monoisotopic (exact) mass is 520 g/mol. The van der Waals surface area contributed by atoms with E-state index in [0.29, 0.717) is 42.3 Å². The Morgan fingerprint density at radius 3 is 2.54 bits per heavy atom. The molecule has 35 heavy (non-hydrogen) atoms. The zero-order valence-corrected chi connectivity index (χ0v) is 22.4. The highest BCUT2D eigenvalue weighted by Crippen LogP contribution is 2.54. The second-order valence-electron chi connectivity index (χ2n) is 8.55. The van der Waals surface area contributed by atoms with Crippen LogP contribution in [0.15, 0.2) is 41.3 Å². The van der Waals surface area contributed by atoms with Crippen molar-refractivity contribution in [3.63, 3.8) is 0 Å². The molecular formula is C26H33ClN2O5S. The fraction of sp³-hybridized carbons (Fsp3) is 0.462. The van der Waals surface area contributed by atoms with Crippen LogP contribution in [-0.2, 0) is 14.3 Å². The third-order valence-corrected chi connectivity index (χ3v) is 7.24. The number of hydrogen-bond donors (Lipinski definition) is 0. The Bertz CT molecular complexity index is 1050. The van der Waals surface area contributed by atoms with Crippen LogP contribution >= 0.6 is 23.4 Å². The lowest BCUT2D eigenvalue weighted by Gasteiger charge is -2.27. The van der Waals surface area contributed by atoms with Gasteiger partial charge in [-0.1, -0.05) is 23.4 Å². The van der Waals surface area contributed by atoms with Crippen molar-refractivity contribution in [3.05, 3.63) is 47.0 Å². The number of methoxy groups -OCH3 is 1. The van der Waals surface area contributed by atoms with Gasteiger partial charge in [0.1, 0.15) is 23.5 Å². The van der Waals surface area contributed by atoms with Gasteiger partial charge in [-0.2, -0.15) is 0 Å². The van der Waals surface area contributed by atoms with Gasteiger partial charge < -0.3 is 14.2 Å². The molecule has 2 aromatic carbocycles. The van der Waals surface area contributed by atoms with Gasteiger partial charge in [-0.25, -0.2) is 0 Å². The summed E-state index contributed by atoms with van der Waals surface area (Å²) >= 11 is 7.78. The second kappa shape index (κ2) is 12.5. The van der Waals surface area contributed by atoms with Gasteiger partial charge in [-0.3, -0.25) is 19.4 Å². The molecule has 0 aliphatic carbocycles. The van der Waals surface area contributed by atoms with Crippen LogP contribution < -0.4 is 14.4 Å². The summed E-state index contributed by atoms with van der Waals surface area (Å²) in [5.41, 5.74) is 1.71. The van der Waals surface area contributed by atoms with Crippen LogP contribution in [0.25, 0.3) is 0 Å². The molecule has 0 aromatic heterocycles. The maximum absolute atomic E-state index is 12.6. The van der Waals surface area contributed by atoms with Crippen molar-refractivity contribution in [1.82, 2.24) is 4.90 Å². The average Bonchev–Trinajstić information content (AvgIpc) is 3.18. The number of halogens is 1. The van der Waals surface area contributed by atoms with E-state index in [0.717, 1.165) is 29.1 Å². The molecule has 0 N–H and O–H groups in total. The predicted octanol–water partition coefficient (Wildman–Crippen LogP) is 5.55. The second-order valence-corrected chi connectivity index (χ2v) is 10.1. The summed E-state index contributed by atoms with van der Waals surface area (Å²) in [7, 11) is 1.62. The Balaban J connectivity index is 1.73. The third-order valence-electron chi connectivity index (χ3n) is 5.74. The topological polar surface area (TPSA) is 68.3 Å². The number of rotatable bonds is 11. The third kappa shape index (κ3) is 7.06. The van der Waals surface area contributed by atoms with Crippen LogP contribution in [0.1, 0.15) is 45.1 Å². The number of thioether (sulfide) groups is 1. The Morgan fingerprint density at radius 1 is 1.11 bits per heavy atom. The minimum Gasteiger partial charge on any atom is -0.497 e. The summed E-state index contributed by atoms with van der Waals surface area (Å²) in [5, 5.41) is 0.341. The maximum atomic E-state index is 12.6. The first-order chi connectivity index (χ1) is 16.7. The van der Waals surface area contributed by atoms with Gasteiger partial charge in [0, 0.05) is 48.5 Å². The van der Waals surface area contributed by atoms with Gasteiger partial charge >= 0.3 is 5.97 Å². The van der Waals surface area contributed by atoms with Gasteiger partial charge in [0.05, 0.1) is 19.4 Å². The zero-order chi connectivity index (χ0) is 25.5. The predicted molar refractivity (Wildman–Crippen MR) is 140 cm³/mol. The lowest BCUT2D eigenvalue weighted by Crippen LogP contribution is -2.35. The van der Waals surface area contributed by atoms with Crippen LogP contribution in [0, 0.1) is 0 Å². The van der Waals surface area contributed by atoms with Crippen molar-refractivity contribution in [2.75, 3.05) is 38.3 Å². The number of nitrogens with zero attached hydrogens (tertiary/aromatic N) is 2. The molecule has 0 saturated heterocycles. The molecule has 190 valence electrons. The van der Waals surface area contributed by atoms with E-state index in [1.54, 1.807) is 36.8 Å². The molecule has 9 heteroatoms. The number of amides is 1. The van der Waals surface area contributed by atoms with E-state index in [1.165, 1.54) is 6.92 Å². The molecule has 1 amide bonds. The van der Waals surface area contributed by atoms with E-state index in [2.05, 4.69) is 18.7 Å². The van der Waals surface area contributed by atoms with Gasteiger partial charge in [0.25, 0.3) is 0 Å². The minimum atomic E-state index is -0.290. The Kier molecular flexibility index (Phi) is 9.71. The van der Waals surface area contributed by atoms with Crippen LogP contribution in [-0.4, -0.2) is 56.2 Å². The first-order valence-electron chi connectivity index (χ1n) is 11.7. The van der Waals surface area contributed by atoms with Gasteiger partial charge in [0.2, 0.25) is 5.91 Å². The lowest BCUT2D eigenvalue weighted by molar-refractivity contribution is -0.141. The molecule has 1 atom stereocenters. The highest BCUT2D eigenvalue weighted by molar-refractivity contribution is 8.00. The quantitative estimate of drug-likeness (QED) is 0.284. The average molecular weight is 521 g/mol. The van der Waals surface area contributed by atoms with E-state index in [4.69, 9.17) is 25.8 Å². The minimum absolute atomic E-state index is 0.0577. The SMILES string of the molecule is COc1ccc(OCCCN(CCOC(C)=O)C(C)C)c(C2Sc3cc(Cl)ccc3N2C(C)=O)c1. The zero-order valence-electron chi connectivity index (χ0n) is 20.9. The summed E-state index contributed by atoms with van der Waals surface area (Å²) in [6, 6.07) is 11.6. The van der Waals surface area contributed by atoms with Crippen molar-refractivity contribution >= 4 is 40.9 Å². The Labute approximate surface area is 216 Å². The summed E-state index contributed by atoms with van der Waals surface area (Å²) in [4.78, 5) is 28.7. The highest BCUT2D eigenvalue weighted by atomic mass is 35.5. The maximum Gasteiger partial charge on any atom is 0.302 e. The lowest BCUT2D eigenvalue weighted by atomic mass is 10.1. The smallest absolute Gasteiger partial charge is 0.302 e. The number of carbonyl (C=O) groups is 2. The van der Waals surface area contributed by atoms with Crippen molar-refractivity contribution in [2.45, 2.75) is 50.4 Å². The molecule has 1 heterocycles. The molecular weight excluding hydrogens is 488 g/mol. The standard InChI is InChI=1S/C26H33ClN2O5S/c1-17(2)28(12-14-33-19(4)31)11-6-13-34-24-10-8-21(32-5)16-22(24)26-29(18(3)30)23-9-7-20(27)15-25(23)35-26/h7-10,15-17,26H,6,11-14H2,1-5H3. The first kappa shape index (κ1) is 27.2. The molecule has 3 rings (SSSR count). The van der Waals surface area contributed by atoms with Crippen molar-refractivity contribution in [2.24, 2.45) is 0 Å². The molecule has 1 aliphatic heterocycles. The fourth-order valence-electron chi connectivity index (χ4n) is 3.98. The number of anilines is 1. The number of esters is 1. The van der Waals surface area contributed by atoms with Crippen molar-refractivity contribution in [1.29, 1.82) is 0 Å². The van der Waals surface area contributed by atoms with Crippen LogP contribution in [0.3, 0.4) is 0 Å². The fourth-order valence-corrected chi connectivity index (χ4v) is 5.62. The largest absolute Gasteiger partial charge is 0.497 e. The molecule has 1 aliphatic rings. The summed E-state index contributed by atoms with van der Waals surface area (Å²) < 4.78 is 16.8. The number of benzene rings is 2. The molecule has 0 spiro atoms. The van der Waals surface area contributed by atoms with Gasteiger partial charge in [-0.15, -0.1) is 0 Å². The van der Waals surface area contributed by atoms with Crippen LogP contribution in [0.2, 0.25) is 5.02 Å². The molecule has 0 radical (unpaired) electrons. The summed E-state index contributed by atoms with van der Waals surface area (Å²) in [6.45, 7) is 9.59. The number of ether oxygens (including phenoxy) is 3. The molecule has 7 nitrogen and oxygen atoms in total. The van der Waals surface area contributed by atoms with E-state index >= 15 is 0 Å². The highest BCUT2D eigenvalue weighted by Gasteiger charge is 2.36.